The summed E-state index contributed by atoms with van der Waals surface area (Å²) in [5.74, 6) is 0.822. The van der Waals surface area contributed by atoms with Gasteiger partial charge in [-0.25, -0.2) is 0 Å². The van der Waals surface area contributed by atoms with Crippen molar-refractivity contribution in [2.24, 2.45) is 0 Å². The predicted octanol–water partition coefficient (Wildman–Crippen LogP) is 5.58. The summed E-state index contributed by atoms with van der Waals surface area (Å²) in [5, 5.41) is 12.2. The van der Waals surface area contributed by atoms with Crippen LogP contribution in [-0.2, 0) is 13.2 Å². The lowest BCUT2D eigenvalue weighted by atomic mass is 9.93. The van der Waals surface area contributed by atoms with Crippen molar-refractivity contribution in [2.45, 2.75) is 13.2 Å². The van der Waals surface area contributed by atoms with Crippen LogP contribution in [0.3, 0.4) is 0 Å². The molecule has 0 aliphatic rings. The lowest BCUT2D eigenvalue weighted by Gasteiger charge is -2.16. The van der Waals surface area contributed by atoms with Crippen molar-refractivity contribution in [3.05, 3.63) is 102 Å². The standard InChI is InChI=1S/C24H20O2/c25-16-20-15-14-19-10-4-5-11-21(19)24(20)22-12-6-7-13-23(22)26-17-18-8-2-1-3-9-18/h1-15,25H,16-17H2. The van der Waals surface area contributed by atoms with Crippen LogP contribution in [0.25, 0.3) is 21.9 Å². The fourth-order valence-corrected chi connectivity index (χ4v) is 3.30. The molecular formula is C24H20O2. The van der Waals surface area contributed by atoms with E-state index in [-0.39, 0.29) is 6.61 Å². The van der Waals surface area contributed by atoms with Gasteiger partial charge in [0.15, 0.2) is 0 Å². The molecule has 0 radical (unpaired) electrons. The number of hydrogen-bond acceptors (Lipinski definition) is 2. The van der Waals surface area contributed by atoms with Gasteiger partial charge < -0.3 is 9.84 Å². The summed E-state index contributed by atoms with van der Waals surface area (Å²) in [7, 11) is 0. The highest BCUT2D eigenvalue weighted by Crippen LogP contribution is 2.38. The van der Waals surface area contributed by atoms with E-state index in [0.29, 0.717) is 6.61 Å². The van der Waals surface area contributed by atoms with Crippen molar-refractivity contribution in [2.75, 3.05) is 0 Å². The Labute approximate surface area is 153 Å². The van der Waals surface area contributed by atoms with Crippen molar-refractivity contribution >= 4 is 10.8 Å². The largest absolute Gasteiger partial charge is 0.488 e. The fourth-order valence-electron chi connectivity index (χ4n) is 3.30. The number of aliphatic hydroxyl groups is 1. The summed E-state index contributed by atoms with van der Waals surface area (Å²) in [6.45, 7) is 0.504. The zero-order chi connectivity index (χ0) is 17.8. The minimum atomic E-state index is -0.00676. The summed E-state index contributed by atoms with van der Waals surface area (Å²) < 4.78 is 6.14. The summed E-state index contributed by atoms with van der Waals surface area (Å²) in [4.78, 5) is 0. The van der Waals surface area contributed by atoms with Crippen molar-refractivity contribution in [3.63, 3.8) is 0 Å². The molecule has 0 unspecified atom stereocenters. The third-order valence-electron chi connectivity index (χ3n) is 4.58. The zero-order valence-corrected chi connectivity index (χ0v) is 14.4. The first-order valence-electron chi connectivity index (χ1n) is 8.74. The molecule has 0 aromatic heterocycles. The molecule has 1 N–H and O–H groups in total. The van der Waals surface area contributed by atoms with E-state index in [1.807, 2.05) is 54.6 Å². The van der Waals surface area contributed by atoms with E-state index in [4.69, 9.17) is 4.74 Å². The highest BCUT2D eigenvalue weighted by atomic mass is 16.5. The number of hydrogen-bond donors (Lipinski definition) is 1. The normalized spacial score (nSPS) is 10.8. The average Bonchev–Trinajstić information content (AvgIpc) is 2.72. The van der Waals surface area contributed by atoms with Crippen LogP contribution >= 0.6 is 0 Å². The van der Waals surface area contributed by atoms with E-state index in [1.165, 1.54) is 0 Å². The maximum absolute atomic E-state index is 9.90. The number of fused-ring (bicyclic) bond motifs is 1. The molecule has 2 nitrogen and oxygen atoms in total. The van der Waals surface area contributed by atoms with Crippen LogP contribution in [-0.4, -0.2) is 5.11 Å². The second kappa shape index (κ2) is 7.42. The number of para-hydroxylation sites is 1. The van der Waals surface area contributed by atoms with Gasteiger partial charge in [0.25, 0.3) is 0 Å². The molecule has 4 rings (SSSR count). The predicted molar refractivity (Wildman–Crippen MR) is 106 cm³/mol. The zero-order valence-electron chi connectivity index (χ0n) is 14.4. The Morgan fingerprint density at radius 1 is 0.692 bits per heavy atom. The lowest BCUT2D eigenvalue weighted by molar-refractivity contribution is 0.282. The van der Waals surface area contributed by atoms with Crippen molar-refractivity contribution in [1.29, 1.82) is 0 Å². The summed E-state index contributed by atoms with van der Waals surface area (Å²) in [6, 6.07) is 30.5. The van der Waals surface area contributed by atoms with Gasteiger partial charge in [-0.2, -0.15) is 0 Å². The molecule has 0 fully saturated rings. The van der Waals surface area contributed by atoms with E-state index in [2.05, 4.69) is 36.4 Å². The first-order chi connectivity index (χ1) is 12.9. The Hall–Kier alpha value is -3.10. The molecule has 26 heavy (non-hydrogen) atoms. The van der Waals surface area contributed by atoms with Crippen LogP contribution in [0.4, 0.5) is 0 Å². The Morgan fingerprint density at radius 2 is 1.42 bits per heavy atom. The number of aliphatic hydroxyl groups excluding tert-OH is 1. The fraction of sp³-hybridized carbons (Fsp3) is 0.0833. The molecule has 4 aromatic carbocycles. The monoisotopic (exact) mass is 340 g/mol. The number of benzene rings is 4. The molecule has 4 aromatic rings. The Balaban J connectivity index is 1.80. The molecule has 0 atom stereocenters. The van der Waals surface area contributed by atoms with Gasteiger partial charge in [0.1, 0.15) is 12.4 Å². The van der Waals surface area contributed by atoms with Crippen molar-refractivity contribution in [1.82, 2.24) is 0 Å². The Bertz CT molecular complexity index is 1020. The highest BCUT2D eigenvalue weighted by molar-refractivity contribution is 5.99. The molecule has 0 amide bonds. The smallest absolute Gasteiger partial charge is 0.127 e. The molecule has 0 heterocycles. The molecule has 0 saturated heterocycles. The Morgan fingerprint density at radius 3 is 2.27 bits per heavy atom. The topological polar surface area (TPSA) is 29.5 Å². The van der Waals surface area contributed by atoms with Crippen LogP contribution in [0.15, 0.2) is 91.0 Å². The molecule has 0 aliphatic heterocycles. The SMILES string of the molecule is OCc1ccc2ccccc2c1-c1ccccc1OCc1ccccc1. The average molecular weight is 340 g/mol. The second-order valence-corrected chi connectivity index (χ2v) is 6.25. The van der Waals surface area contributed by atoms with Crippen LogP contribution in [0.1, 0.15) is 11.1 Å². The quantitative estimate of drug-likeness (QED) is 0.514. The second-order valence-electron chi connectivity index (χ2n) is 6.25. The van der Waals surface area contributed by atoms with Gasteiger partial charge in [-0.1, -0.05) is 84.9 Å². The molecular weight excluding hydrogens is 320 g/mol. The van der Waals surface area contributed by atoms with Crippen LogP contribution < -0.4 is 4.74 Å². The van der Waals surface area contributed by atoms with E-state index in [0.717, 1.165) is 38.8 Å². The maximum Gasteiger partial charge on any atom is 0.127 e. The number of ether oxygens (including phenoxy) is 1. The molecule has 0 aliphatic carbocycles. The van der Waals surface area contributed by atoms with E-state index >= 15 is 0 Å². The van der Waals surface area contributed by atoms with E-state index in [1.54, 1.807) is 0 Å². The van der Waals surface area contributed by atoms with Gasteiger partial charge in [-0.15, -0.1) is 0 Å². The molecule has 0 bridgehead atoms. The molecule has 2 heteroatoms. The lowest BCUT2D eigenvalue weighted by Crippen LogP contribution is -1.98. The van der Waals surface area contributed by atoms with Gasteiger partial charge in [0, 0.05) is 5.56 Å². The maximum atomic E-state index is 9.90. The molecule has 0 spiro atoms. The van der Waals surface area contributed by atoms with E-state index in [9.17, 15) is 5.11 Å². The summed E-state index contributed by atoms with van der Waals surface area (Å²) in [5.41, 5.74) is 4.07. The molecule has 128 valence electrons. The van der Waals surface area contributed by atoms with Gasteiger partial charge in [0.2, 0.25) is 0 Å². The number of rotatable bonds is 5. The minimum absolute atomic E-state index is 0.00676. The summed E-state index contributed by atoms with van der Waals surface area (Å²) >= 11 is 0. The third-order valence-corrected chi connectivity index (χ3v) is 4.58. The van der Waals surface area contributed by atoms with Crippen molar-refractivity contribution < 1.29 is 9.84 Å². The Kier molecular flexibility index (Phi) is 4.67. The van der Waals surface area contributed by atoms with Crippen LogP contribution in [0, 0.1) is 0 Å². The first-order valence-corrected chi connectivity index (χ1v) is 8.74. The third kappa shape index (κ3) is 3.19. The van der Waals surface area contributed by atoms with Gasteiger partial charge >= 0.3 is 0 Å². The van der Waals surface area contributed by atoms with E-state index < -0.39 is 0 Å². The van der Waals surface area contributed by atoms with Crippen LogP contribution in [0.5, 0.6) is 5.75 Å². The van der Waals surface area contributed by atoms with Gasteiger partial charge in [-0.05, 0) is 33.5 Å². The first kappa shape index (κ1) is 16.4. The van der Waals surface area contributed by atoms with Crippen molar-refractivity contribution in [3.8, 4) is 16.9 Å². The molecule has 0 saturated carbocycles. The van der Waals surface area contributed by atoms with Crippen LogP contribution in [0.2, 0.25) is 0 Å². The van der Waals surface area contributed by atoms with Gasteiger partial charge in [-0.3, -0.25) is 0 Å². The highest BCUT2D eigenvalue weighted by Gasteiger charge is 2.14. The van der Waals surface area contributed by atoms with Gasteiger partial charge in [0.05, 0.1) is 6.61 Å². The summed E-state index contributed by atoms with van der Waals surface area (Å²) in [6.07, 6.45) is 0. The minimum Gasteiger partial charge on any atom is -0.488 e.